The Morgan fingerprint density at radius 2 is 2.00 bits per heavy atom. The lowest BCUT2D eigenvalue weighted by atomic mass is 10.1. The van der Waals surface area contributed by atoms with E-state index in [4.69, 9.17) is 29.6 Å². The largest absolute Gasteiger partial charge is 0.389 e. The number of nitrogens with one attached hydrogen (secondary N) is 1. The van der Waals surface area contributed by atoms with Crippen LogP contribution in [0.25, 0.3) is 0 Å². The van der Waals surface area contributed by atoms with Crippen LogP contribution in [-0.2, 0) is 0 Å². The molecule has 0 atom stereocenters. The zero-order chi connectivity index (χ0) is 15.6. The first-order valence-corrected chi connectivity index (χ1v) is 8.40. The highest BCUT2D eigenvalue weighted by Crippen LogP contribution is 2.24. The van der Waals surface area contributed by atoms with Crippen LogP contribution in [0.15, 0.2) is 40.9 Å². The summed E-state index contributed by atoms with van der Waals surface area (Å²) in [4.78, 5) is 12.5. The molecule has 2 aromatic rings. The average molecular weight is 496 g/mol. The molecule has 0 aliphatic heterocycles. The molecule has 0 radical (unpaired) electrons. The molecule has 3 N–H and O–H groups in total. The van der Waals surface area contributed by atoms with Crippen molar-refractivity contribution in [1.82, 2.24) is 0 Å². The zero-order valence-corrected chi connectivity index (χ0v) is 15.8. The molecule has 7 heteroatoms. The van der Waals surface area contributed by atoms with Gasteiger partial charge < -0.3 is 11.1 Å². The number of carbonyl (C=O) groups excluding carboxylic acids is 1. The number of benzene rings is 2. The number of halogens is 3. The van der Waals surface area contributed by atoms with Crippen molar-refractivity contribution in [3.63, 3.8) is 0 Å². The fourth-order valence-electron chi connectivity index (χ4n) is 1.67. The van der Waals surface area contributed by atoms with Crippen molar-refractivity contribution in [2.45, 2.75) is 0 Å². The fraction of sp³-hybridized carbons (Fsp3) is 0. The number of hydrogen-bond donors (Lipinski definition) is 2. The quantitative estimate of drug-likeness (QED) is 0.484. The van der Waals surface area contributed by atoms with Gasteiger partial charge in [0.15, 0.2) is 0 Å². The maximum Gasteiger partial charge on any atom is 0.255 e. The van der Waals surface area contributed by atoms with Crippen LogP contribution in [0.3, 0.4) is 0 Å². The lowest BCUT2D eigenvalue weighted by Crippen LogP contribution is -2.17. The molecular formula is C14H9BrClIN2OS. The molecule has 0 heterocycles. The van der Waals surface area contributed by atoms with Crippen molar-refractivity contribution in [2.75, 3.05) is 5.32 Å². The molecule has 2 rings (SSSR count). The molecule has 108 valence electrons. The van der Waals surface area contributed by atoms with Crippen LogP contribution in [0.5, 0.6) is 0 Å². The predicted octanol–water partition coefficient (Wildman–Crippen LogP) is 4.59. The Balaban J connectivity index is 2.33. The third kappa shape index (κ3) is 4.15. The van der Waals surface area contributed by atoms with Gasteiger partial charge >= 0.3 is 0 Å². The predicted molar refractivity (Wildman–Crippen MR) is 102 cm³/mol. The zero-order valence-electron chi connectivity index (χ0n) is 10.5. The van der Waals surface area contributed by atoms with E-state index >= 15 is 0 Å². The number of anilines is 1. The fourth-order valence-corrected chi connectivity index (χ4v) is 2.72. The molecule has 0 fully saturated rings. The topological polar surface area (TPSA) is 55.1 Å². The third-order valence-electron chi connectivity index (χ3n) is 2.68. The summed E-state index contributed by atoms with van der Waals surface area (Å²) < 4.78 is 1.70. The molecule has 0 bridgehead atoms. The lowest BCUT2D eigenvalue weighted by molar-refractivity contribution is 0.102. The molecule has 2 aromatic carbocycles. The SMILES string of the molecule is NC(=S)c1ccc(Br)cc1NC(=O)c1ccc(I)c(Cl)c1. The van der Waals surface area contributed by atoms with Crippen LogP contribution < -0.4 is 11.1 Å². The monoisotopic (exact) mass is 494 g/mol. The summed E-state index contributed by atoms with van der Waals surface area (Å²) in [6.07, 6.45) is 0. The molecule has 21 heavy (non-hydrogen) atoms. The van der Waals surface area contributed by atoms with E-state index in [2.05, 4.69) is 43.8 Å². The van der Waals surface area contributed by atoms with E-state index in [0.29, 0.717) is 21.8 Å². The maximum absolute atomic E-state index is 12.3. The molecule has 1 amide bonds. The molecule has 0 aromatic heterocycles. The van der Waals surface area contributed by atoms with Crippen molar-refractivity contribution < 1.29 is 4.79 Å². The Morgan fingerprint density at radius 1 is 1.29 bits per heavy atom. The minimum Gasteiger partial charge on any atom is -0.389 e. The van der Waals surface area contributed by atoms with Gasteiger partial charge in [0.25, 0.3) is 5.91 Å². The van der Waals surface area contributed by atoms with Gasteiger partial charge in [0, 0.05) is 19.2 Å². The Morgan fingerprint density at radius 3 is 2.62 bits per heavy atom. The number of carbonyl (C=O) groups is 1. The second-order valence-corrected chi connectivity index (χ2v) is 7.06. The second-order valence-electron chi connectivity index (χ2n) is 4.14. The van der Waals surface area contributed by atoms with Gasteiger partial charge in [-0.1, -0.05) is 39.7 Å². The summed E-state index contributed by atoms with van der Waals surface area (Å²) in [5, 5.41) is 3.33. The van der Waals surface area contributed by atoms with Crippen LogP contribution in [-0.4, -0.2) is 10.9 Å². The molecule has 0 aliphatic carbocycles. The number of hydrogen-bond acceptors (Lipinski definition) is 2. The first-order chi connectivity index (χ1) is 9.88. The number of rotatable bonds is 3. The van der Waals surface area contributed by atoms with Crippen molar-refractivity contribution in [3.05, 3.63) is 60.6 Å². The van der Waals surface area contributed by atoms with Gasteiger partial charge in [-0.3, -0.25) is 4.79 Å². The highest BCUT2D eigenvalue weighted by Gasteiger charge is 2.12. The summed E-state index contributed by atoms with van der Waals surface area (Å²) in [5.74, 6) is -0.274. The molecule has 0 aliphatic rings. The van der Waals surface area contributed by atoms with Gasteiger partial charge in [0.2, 0.25) is 0 Å². The minimum absolute atomic E-state index is 0.221. The number of thiocarbonyl (C=S) groups is 1. The number of nitrogens with two attached hydrogens (primary N) is 1. The third-order valence-corrected chi connectivity index (χ3v) is 4.96. The number of amides is 1. The first-order valence-electron chi connectivity index (χ1n) is 5.74. The van der Waals surface area contributed by atoms with Gasteiger partial charge in [-0.15, -0.1) is 0 Å². The Labute approximate surface area is 154 Å². The van der Waals surface area contributed by atoms with Crippen LogP contribution in [0.4, 0.5) is 5.69 Å². The summed E-state index contributed by atoms with van der Waals surface area (Å²) in [7, 11) is 0. The summed E-state index contributed by atoms with van der Waals surface area (Å²) in [6.45, 7) is 0. The van der Waals surface area contributed by atoms with E-state index in [0.717, 1.165) is 8.04 Å². The standard InChI is InChI=1S/C14H9BrClIN2OS/c15-8-2-3-9(13(18)21)12(6-8)19-14(20)7-1-4-11(17)10(16)5-7/h1-6H,(H2,18,21)(H,19,20). The first kappa shape index (κ1) is 16.7. The van der Waals surface area contributed by atoms with Gasteiger partial charge in [0.1, 0.15) is 4.99 Å². The smallest absolute Gasteiger partial charge is 0.255 e. The van der Waals surface area contributed by atoms with Crippen molar-refractivity contribution >= 4 is 78.9 Å². The maximum atomic E-state index is 12.3. The van der Waals surface area contributed by atoms with E-state index in [1.165, 1.54) is 0 Å². The second kappa shape index (κ2) is 7.04. The average Bonchev–Trinajstić information content (AvgIpc) is 2.41. The van der Waals surface area contributed by atoms with Crippen LogP contribution in [0, 0.1) is 3.57 Å². The van der Waals surface area contributed by atoms with E-state index in [-0.39, 0.29) is 10.9 Å². The van der Waals surface area contributed by atoms with E-state index in [9.17, 15) is 4.79 Å². The van der Waals surface area contributed by atoms with E-state index in [1.54, 1.807) is 30.3 Å². The normalized spacial score (nSPS) is 10.2. The highest BCUT2D eigenvalue weighted by molar-refractivity contribution is 14.1. The Hall–Kier alpha value is -0.700. The summed E-state index contributed by atoms with van der Waals surface area (Å²) in [6, 6.07) is 10.4. The Kier molecular flexibility index (Phi) is 5.59. The minimum atomic E-state index is -0.274. The van der Waals surface area contributed by atoms with Gasteiger partial charge in [-0.2, -0.15) is 0 Å². The highest BCUT2D eigenvalue weighted by atomic mass is 127. The molecule has 0 spiro atoms. The van der Waals surface area contributed by atoms with E-state index in [1.807, 2.05) is 6.07 Å². The van der Waals surface area contributed by atoms with Gasteiger partial charge in [-0.05, 0) is 59.0 Å². The molecule has 0 unspecified atom stereocenters. The summed E-state index contributed by atoms with van der Waals surface area (Å²) >= 11 is 16.5. The van der Waals surface area contributed by atoms with Crippen LogP contribution in [0.2, 0.25) is 5.02 Å². The molecular weight excluding hydrogens is 486 g/mol. The lowest BCUT2D eigenvalue weighted by Gasteiger charge is -2.11. The van der Waals surface area contributed by atoms with Crippen LogP contribution in [0.1, 0.15) is 15.9 Å². The van der Waals surface area contributed by atoms with Crippen molar-refractivity contribution in [1.29, 1.82) is 0 Å². The molecule has 0 saturated heterocycles. The van der Waals surface area contributed by atoms with E-state index < -0.39 is 0 Å². The molecule has 0 saturated carbocycles. The van der Waals surface area contributed by atoms with Crippen LogP contribution >= 0.6 is 62.3 Å². The van der Waals surface area contributed by atoms with Gasteiger partial charge in [-0.25, -0.2) is 0 Å². The Bertz CT molecular complexity index is 739. The van der Waals surface area contributed by atoms with Crippen molar-refractivity contribution in [3.8, 4) is 0 Å². The van der Waals surface area contributed by atoms with Crippen molar-refractivity contribution in [2.24, 2.45) is 5.73 Å². The van der Waals surface area contributed by atoms with Gasteiger partial charge in [0.05, 0.1) is 10.7 Å². The molecule has 3 nitrogen and oxygen atoms in total. The summed E-state index contributed by atoms with van der Waals surface area (Å²) in [5.41, 5.74) is 7.29.